The van der Waals surface area contributed by atoms with E-state index in [1.54, 1.807) is 12.1 Å². The lowest BCUT2D eigenvalue weighted by atomic mass is 10.1. The second-order valence-electron chi connectivity index (χ2n) is 5.79. The fourth-order valence-electron chi connectivity index (χ4n) is 2.35. The Labute approximate surface area is 155 Å². The highest BCUT2D eigenvalue weighted by atomic mass is 32.2. The second kappa shape index (κ2) is 7.39. The first-order chi connectivity index (χ1) is 11.9. The number of aryl methyl sites for hydroxylation is 2. The normalized spacial score (nSPS) is 13.1. The molecule has 25 heavy (non-hydrogen) atoms. The van der Waals surface area contributed by atoms with Crippen molar-refractivity contribution in [3.8, 4) is 0 Å². The predicted molar refractivity (Wildman–Crippen MR) is 103 cm³/mol. The molecule has 0 bridgehead atoms. The Kier molecular flexibility index (Phi) is 5.41. The van der Waals surface area contributed by atoms with Crippen LogP contribution in [-0.4, -0.2) is 13.5 Å². The number of hydrogen-bond donors (Lipinski definition) is 2. The van der Waals surface area contributed by atoms with Crippen molar-refractivity contribution < 1.29 is 13.5 Å². The van der Waals surface area contributed by atoms with Crippen LogP contribution in [0.15, 0.2) is 52.7 Å². The molecule has 4 nitrogen and oxygen atoms in total. The quantitative estimate of drug-likeness (QED) is 0.665. The van der Waals surface area contributed by atoms with Gasteiger partial charge in [-0.25, -0.2) is 13.1 Å². The third-order valence-electron chi connectivity index (χ3n) is 3.99. The van der Waals surface area contributed by atoms with Gasteiger partial charge in [-0.05, 0) is 60.7 Å². The Morgan fingerprint density at radius 2 is 1.88 bits per heavy atom. The summed E-state index contributed by atoms with van der Waals surface area (Å²) >= 11 is 2.91. The van der Waals surface area contributed by atoms with E-state index in [-0.39, 0.29) is 11.4 Å². The molecule has 1 aromatic carbocycles. The highest BCUT2D eigenvalue weighted by Crippen LogP contribution is 2.31. The van der Waals surface area contributed by atoms with E-state index in [0.29, 0.717) is 0 Å². The van der Waals surface area contributed by atoms with E-state index in [9.17, 15) is 13.5 Å². The van der Waals surface area contributed by atoms with Crippen LogP contribution in [-0.2, 0) is 16.6 Å². The highest BCUT2D eigenvalue weighted by molar-refractivity contribution is 7.89. The van der Waals surface area contributed by atoms with Crippen molar-refractivity contribution in [2.75, 3.05) is 0 Å². The standard InChI is InChI=1S/C18H19NO3S3/c1-12-5-7-15(10-13(12)2)25(21,22)19-11-14-6-8-17(24-14)18(20)16-4-3-9-23-16/h3-10,18-20H,11H2,1-2H3/t18-/m0/s1. The smallest absolute Gasteiger partial charge is 0.240 e. The van der Waals surface area contributed by atoms with Gasteiger partial charge in [0.25, 0.3) is 0 Å². The first kappa shape index (κ1) is 18.3. The van der Waals surface area contributed by atoms with Gasteiger partial charge in [-0.1, -0.05) is 12.1 Å². The van der Waals surface area contributed by atoms with Crippen LogP contribution in [0.5, 0.6) is 0 Å². The van der Waals surface area contributed by atoms with Crippen LogP contribution in [0.3, 0.4) is 0 Å². The lowest BCUT2D eigenvalue weighted by Gasteiger charge is -2.08. The first-order valence-corrected chi connectivity index (χ1v) is 10.9. The predicted octanol–water partition coefficient (Wildman–Crippen LogP) is 3.99. The maximum atomic E-state index is 12.4. The molecule has 0 aliphatic heterocycles. The molecule has 2 N–H and O–H groups in total. The van der Waals surface area contributed by atoms with Gasteiger partial charge in [-0.3, -0.25) is 0 Å². The molecule has 132 valence electrons. The summed E-state index contributed by atoms with van der Waals surface area (Å²) in [6.07, 6.45) is -0.657. The van der Waals surface area contributed by atoms with Gasteiger partial charge in [-0.2, -0.15) is 0 Å². The summed E-state index contributed by atoms with van der Waals surface area (Å²) in [7, 11) is -3.56. The Morgan fingerprint density at radius 3 is 2.56 bits per heavy atom. The molecule has 0 amide bonds. The first-order valence-electron chi connectivity index (χ1n) is 7.74. The van der Waals surface area contributed by atoms with E-state index in [1.165, 1.54) is 22.7 Å². The summed E-state index contributed by atoms with van der Waals surface area (Å²) < 4.78 is 27.5. The number of hydrogen-bond acceptors (Lipinski definition) is 5. The number of aliphatic hydroxyl groups excluding tert-OH is 1. The van der Waals surface area contributed by atoms with Gasteiger partial charge in [0.15, 0.2) is 0 Å². The topological polar surface area (TPSA) is 66.4 Å². The van der Waals surface area contributed by atoms with Gasteiger partial charge in [0.2, 0.25) is 10.0 Å². The summed E-state index contributed by atoms with van der Waals surface area (Å²) in [4.78, 5) is 2.82. The molecular weight excluding hydrogens is 374 g/mol. The lowest BCUT2D eigenvalue weighted by Crippen LogP contribution is -2.22. The second-order valence-corrected chi connectivity index (χ2v) is 9.74. The van der Waals surface area contributed by atoms with Crippen LogP contribution < -0.4 is 4.72 Å². The molecule has 2 heterocycles. The highest BCUT2D eigenvalue weighted by Gasteiger charge is 2.17. The average molecular weight is 394 g/mol. The number of aliphatic hydroxyl groups is 1. The van der Waals surface area contributed by atoms with Gasteiger partial charge in [0.1, 0.15) is 6.10 Å². The summed E-state index contributed by atoms with van der Waals surface area (Å²) in [6, 6.07) is 12.6. The van der Waals surface area contributed by atoms with E-state index in [0.717, 1.165) is 25.8 Å². The summed E-state index contributed by atoms with van der Waals surface area (Å²) in [5, 5.41) is 12.3. The lowest BCUT2D eigenvalue weighted by molar-refractivity contribution is 0.228. The fraction of sp³-hybridized carbons (Fsp3) is 0.222. The summed E-state index contributed by atoms with van der Waals surface area (Å²) in [5.41, 5.74) is 2.00. The van der Waals surface area contributed by atoms with Gasteiger partial charge >= 0.3 is 0 Å². The molecule has 0 aliphatic rings. The Hall–Kier alpha value is -1.51. The largest absolute Gasteiger partial charge is 0.382 e. The zero-order valence-electron chi connectivity index (χ0n) is 13.9. The van der Waals surface area contributed by atoms with Crippen molar-refractivity contribution in [1.82, 2.24) is 4.72 Å². The van der Waals surface area contributed by atoms with Crippen LogP contribution in [0.25, 0.3) is 0 Å². The Bertz CT molecular complexity index is 959. The van der Waals surface area contributed by atoms with Crippen LogP contribution >= 0.6 is 22.7 Å². The van der Waals surface area contributed by atoms with Crippen LogP contribution in [0.4, 0.5) is 0 Å². The van der Waals surface area contributed by atoms with Gasteiger partial charge < -0.3 is 5.11 Å². The van der Waals surface area contributed by atoms with Crippen molar-refractivity contribution in [3.05, 3.63) is 73.6 Å². The van der Waals surface area contributed by atoms with Crippen LogP contribution in [0.1, 0.15) is 31.9 Å². The Balaban J connectivity index is 1.70. The van der Waals surface area contributed by atoms with E-state index < -0.39 is 16.1 Å². The van der Waals surface area contributed by atoms with Crippen molar-refractivity contribution in [2.45, 2.75) is 31.4 Å². The Morgan fingerprint density at radius 1 is 1.08 bits per heavy atom. The molecule has 3 rings (SSSR count). The van der Waals surface area contributed by atoms with Crippen molar-refractivity contribution in [2.24, 2.45) is 0 Å². The van der Waals surface area contributed by atoms with E-state index >= 15 is 0 Å². The number of benzene rings is 1. The monoisotopic (exact) mass is 393 g/mol. The SMILES string of the molecule is Cc1ccc(S(=O)(=O)NCc2ccc([C@@H](O)c3cccs3)s2)cc1C. The van der Waals surface area contributed by atoms with Crippen molar-refractivity contribution in [1.29, 1.82) is 0 Å². The van der Waals surface area contributed by atoms with E-state index in [1.807, 2.05) is 49.6 Å². The molecule has 0 saturated heterocycles. The molecule has 1 atom stereocenters. The fourth-order valence-corrected chi connectivity index (χ4v) is 5.30. The number of rotatable bonds is 6. The molecule has 0 aliphatic carbocycles. The zero-order valence-corrected chi connectivity index (χ0v) is 16.3. The average Bonchev–Trinajstić information content (AvgIpc) is 3.26. The number of thiophene rings is 2. The van der Waals surface area contributed by atoms with Crippen molar-refractivity contribution in [3.63, 3.8) is 0 Å². The van der Waals surface area contributed by atoms with Gasteiger partial charge in [0, 0.05) is 21.2 Å². The summed E-state index contributed by atoms with van der Waals surface area (Å²) in [5.74, 6) is 0. The molecule has 7 heteroatoms. The molecule has 0 radical (unpaired) electrons. The van der Waals surface area contributed by atoms with E-state index in [2.05, 4.69) is 4.72 Å². The molecule has 0 saturated carbocycles. The summed E-state index contributed by atoms with van der Waals surface area (Å²) in [6.45, 7) is 4.05. The van der Waals surface area contributed by atoms with Crippen LogP contribution in [0, 0.1) is 13.8 Å². The third kappa shape index (κ3) is 4.19. The molecular formula is C18H19NO3S3. The molecule has 0 fully saturated rings. The minimum atomic E-state index is -3.56. The van der Waals surface area contributed by atoms with E-state index in [4.69, 9.17) is 0 Å². The minimum absolute atomic E-state index is 0.205. The van der Waals surface area contributed by atoms with Gasteiger partial charge in [0.05, 0.1) is 4.90 Å². The van der Waals surface area contributed by atoms with Gasteiger partial charge in [-0.15, -0.1) is 22.7 Å². The maximum absolute atomic E-state index is 12.4. The molecule has 3 aromatic rings. The van der Waals surface area contributed by atoms with Crippen molar-refractivity contribution >= 4 is 32.7 Å². The minimum Gasteiger partial charge on any atom is -0.382 e. The number of sulfonamides is 1. The molecule has 0 unspecified atom stereocenters. The molecule has 2 aromatic heterocycles. The third-order valence-corrected chi connectivity index (χ3v) is 7.45. The van der Waals surface area contributed by atoms with Crippen LogP contribution in [0.2, 0.25) is 0 Å². The number of nitrogens with one attached hydrogen (secondary N) is 1. The zero-order chi connectivity index (χ0) is 18.0. The molecule has 0 spiro atoms. The maximum Gasteiger partial charge on any atom is 0.240 e.